The van der Waals surface area contributed by atoms with Gasteiger partial charge >= 0.3 is 12.0 Å². The molecule has 0 spiro atoms. The maximum Gasteiger partial charge on any atom is 0.322 e. The summed E-state index contributed by atoms with van der Waals surface area (Å²) in [5.74, 6) is -0.959. The number of nitriles is 1. The molecule has 0 heterocycles. The van der Waals surface area contributed by atoms with Crippen LogP contribution in [0.5, 0.6) is 0 Å². The minimum absolute atomic E-state index is 0.104. The Morgan fingerprint density at radius 1 is 1.08 bits per heavy atom. The number of nitrogens with one attached hydrogen (secondary N) is 1. The average Bonchev–Trinajstić information content (AvgIpc) is 2.60. The van der Waals surface area contributed by atoms with Gasteiger partial charge in [-0.15, -0.1) is 0 Å². The van der Waals surface area contributed by atoms with Crippen molar-refractivity contribution < 1.29 is 14.7 Å². The number of aliphatic carboxylic acids is 1. The van der Waals surface area contributed by atoms with Crippen molar-refractivity contribution in [3.05, 3.63) is 65.7 Å². The first-order chi connectivity index (χ1) is 11.6. The van der Waals surface area contributed by atoms with Crippen molar-refractivity contribution in [2.24, 2.45) is 0 Å². The first-order valence-corrected chi connectivity index (χ1v) is 7.40. The predicted molar refractivity (Wildman–Crippen MR) is 89.3 cm³/mol. The summed E-state index contributed by atoms with van der Waals surface area (Å²) in [5.41, 5.74) is 1.96. The summed E-state index contributed by atoms with van der Waals surface area (Å²) >= 11 is 0. The van der Waals surface area contributed by atoms with Crippen LogP contribution >= 0.6 is 0 Å². The largest absolute Gasteiger partial charge is 0.481 e. The van der Waals surface area contributed by atoms with Gasteiger partial charge in [-0.05, 0) is 29.8 Å². The van der Waals surface area contributed by atoms with E-state index in [4.69, 9.17) is 10.4 Å². The molecular weight excluding hydrogens is 306 g/mol. The van der Waals surface area contributed by atoms with Gasteiger partial charge in [0.25, 0.3) is 0 Å². The van der Waals surface area contributed by atoms with Crippen LogP contribution in [0.4, 0.5) is 10.5 Å². The average molecular weight is 323 g/mol. The van der Waals surface area contributed by atoms with E-state index in [1.54, 1.807) is 24.3 Å². The number of nitrogens with zero attached hydrogens (tertiary/aromatic N) is 2. The molecule has 0 atom stereocenters. The fourth-order valence-electron chi connectivity index (χ4n) is 2.12. The Balaban J connectivity index is 2.07. The topological polar surface area (TPSA) is 93.4 Å². The van der Waals surface area contributed by atoms with Crippen LogP contribution < -0.4 is 5.32 Å². The van der Waals surface area contributed by atoms with Gasteiger partial charge in [0.05, 0.1) is 18.1 Å². The number of carbonyl (C=O) groups is 2. The van der Waals surface area contributed by atoms with Gasteiger partial charge in [0, 0.05) is 18.8 Å². The molecule has 0 fully saturated rings. The Morgan fingerprint density at radius 2 is 1.75 bits per heavy atom. The fraction of sp³-hybridized carbons (Fsp3) is 0.167. The Bertz CT molecular complexity index is 736. The summed E-state index contributed by atoms with van der Waals surface area (Å²) in [6, 6.07) is 17.5. The van der Waals surface area contributed by atoms with Crippen LogP contribution in [0.15, 0.2) is 54.6 Å². The molecule has 0 aliphatic carbocycles. The van der Waals surface area contributed by atoms with Gasteiger partial charge in [0.1, 0.15) is 0 Å². The SMILES string of the molecule is N#Cc1ccc(NC(=O)N(CCC(=O)O)Cc2ccccc2)cc1. The summed E-state index contributed by atoms with van der Waals surface area (Å²) < 4.78 is 0. The number of amides is 2. The van der Waals surface area contributed by atoms with Gasteiger partial charge in [-0.3, -0.25) is 4.79 Å². The van der Waals surface area contributed by atoms with Crippen molar-refractivity contribution in [1.82, 2.24) is 4.90 Å². The van der Waals surface area contributed by atoms with Gasteiger partial charge < -0.3 is 15.3 Å². The van der Waals surface area contributed by atoms with E-state index in [-0.39, 0.29) is 19.0 Å². The Morgan fingerprint density at radius 3 is 2.33 bits per heavy atom. The summed E-state index contributed by atoms with van der Waals surface area (Å²) in [7, 11) is 0. The molecule has 0 saturated carbocycles. The second-order valence-corrected chi connectivity index (χ2v) is 5.17. The zero-order valence-electron chi connectivity index (χ0n) is 13.0. The summed E-state index contributed by atoms with van der Waals surface area (Å²) in [6.07, 6.45) is -0.131. The van der Waals surface area contributed by atoms with Crippen molar-refractivity contribution in [2.45, 2.75) is 13.0 Å². The monoisotopic (exact) mass is 323 g/mol. The van der Waals surface area contributed by atoms with Gasteiger partial charge in [-0.1, -0.05) is 30.3 Å². The molecule has 6 heteroatoms. The molecule has 2 aromatic carbocycles. The number of anilines is 1. The van der Waals surface area contributed by atoms with Crippen LogP contribution in [0, 0.1) is 11.3 Å². The lowest BCUT2D eigenvalue weighted by atomic mass is 10.2. The fourth-order valence-corrected chi connectivity index (χ4v) is 2.12. The van der Waals surface area contributed by atoms with Crippen molar-refractivity contribution in [3.8, 4) is 6.07 Å². The Hall–Kier alpha value is -3.33. The minimum atomic E-state index is -0.959. The molecule has 0 aromatic heterocycles. The van der Waals surface area contributed by atoms with Crippen LogP contribution in [0.2, 0.25) is 0 Å². The molecule has 0 saturated heterocycles. The van der Waals surface area contributed by atoms with Gasteiger partial charge in [-0.25, -0.2) is 4.79 Å². The molecule has 0 aliphatic heterocycles. The zero-order valence-corrected chi connectivity index (χ0v) is 13.0. The molecule has 0 bridgehead atoms. The quantitative estimate of drug-likeness (QED) is 0.854. The molecule has 6 nitrogen and oxygen atoms in total. The number of carboxylic acid groups (broad SMARTS) is 1. The molecule has 2 amide bonds. The Labute approximate surface area is 139 Å². The number of carboxylic acids is 1. The second kappa shape index (κ2) is 8.34. The van der Waals surface area contributed by atoms with Crippen LogP contribution in [-0.2, 0) is 11.3 Å². The number of rotatable bonds is 6. The van der Waals surface area contributed by atoms with Gasteiger partial charge in [0.2, 0.25) is 0 Å². The summed E-state index contributed by atoms with van der Waals surface area (Å²) in [5, 5.41) is 20.4. The van der Waals surface area contributed by atoms with E-state index in [9.17, 15) is 9.59 Å². The molecule has 2 N–H and O–H groups in total. The van der Waals surface area contributed by atoms with Crippen LogP contribution in [0.1, 0.15) is 17.5 Å². The van der Waals surface area contributed by atoms with Gasteiger partial charge in [-0.2, -0.15) is 5.26 Å². The number of urea groups is 1. The number of carbonyl (C=O) groups excluding carboxylic acids is 1. The van der Waals surface area contributed by atoms with Gasteiger partial charge in [0.15, 0.2) is 0 Å². The predicted octanol–water partition coefficient (Wildman–Crippen LogP) is 3.07. The summed E-state index contributed by atoms with van der Waals surface area (Å²) in [6.45, 7) is 0.419. The third kappa shape index (κ3) is 5.14. The minimum Gasteiger partial charge on any atom is -0.481 e. The van der Waals surface area contributed by atoms with Crippen LogP contribution in [-0.4, -0.2) is 28.6 Å². The van der Waals surface area contributed by atoms with Crippen LogP contribution in [0.3, 0.4) is 0 Å². The first kappa shape index (κ1) is 17.0. The van der Waals surface area contributed by atoms with E-state index >= 15 is 0 Å². The third-order valence-corrected chi connectivity index (χ3v) is 3.36. The van der Waals surface area contributed by atoms with Crippen molar-refractivity contribution in [1.29, 1.82) is 5.26 Å². The molecule has 2 aromatic rings. The second-order valence-electron chi connectivity index (χ2n) is 5.17. The lowest BCUT2D eigenvalue weighted by Gasteiger charge is -2.22. The molecule has 122 valence electrons. The van der Waals surface area contributed by atoms with E-state index in [1.807, 2.05) is 36.4 Å². The number of hydrogen-bond acceptors (Lipinski definition) is 3. The number of hydrogen-bond donors (Lipinski definition) is 2. The lowest BCUT2D eigenvalue weighted by molar-refractivity contribution is -0.137. The van der Waals surface area contributed by atoms with E-state index in [0.29, 0.717) is 17.8 Å². The van der Waals surface area contributed by atoms with Crippen molar-refractivity contribution in [3.63, 3.8) is 0 Å². The maximum atomic E-state index is 12.4. The highest BCUT2D eigenvalue weighted by molar-refractivity contribution is 5.89. The first-order valence-electron chi connectivity index (χ1n) is 7.40. The molecule has 0 radical (unpaired) electrons. The van der Waals surface area contributed by atoms with Crippen LogP contribution in [0.25, 0.3) is 0 Å². The van der Waals surface area contributed by atoms with E-state index in [2.05, 4.69) is 5.32 Å². The van der Waals surface area contributed by atoms with Crippen molar-refractivity contribution in [2.75, 3.05) is 11.9 Å². The summed E-state index contributed by atoms with van der Waals surface area (Å²) in [4.78, 5) is 24.7. The smallest absolute Gasteiger partial charge is 0.322 e. The number of benzene rings is 2. The highest BCUT2D eigenvalue weighted by Gasteiger charge is 2.15. The lowest BCUT2D eigenvalue weighted by Crippen LogP contribution is -2.36. The highest BCUT2D eigenvalue weighted by Crippen LogP contribution is 2.12. The molecular formula is C18H17N3O3. The van der Waals surface area contributed by atoms with E-state index in [0.717, 1.165) is 5.56 Å². The molecule has 0 aliphatic rings. The molecule has 2 rings (SSSR count). The normalized spacial score (nSPS) is 9.79. The molecule has 24 heavy (non-hydrogen) atoms. The molecule has 0 unspecified atom stereocenters. The van der Waals surface area contributed by atoms with Crippen molar-refractivity contribution >= 4 is 17.7 Å². The zero-order chi connectivity index (χ0) is 17.4. The van der Waals surface area contributed by atoms with E-state index < -0.39 is 5.97 Å². The maximum absolute atomic E-state index is 12.4. The van der Waals surface area contributed by atoms with E-state index in [1.165, 1.54) is 4.90 Å². The Kier molecular flexibility index (Phi) is 5.92. The third-order valence-electron chi connectivity index (χ3n) is 3.36. The highest BCUT2D eigenvalue weighted by atomic mass is 16.4. The standard InChI is InChI=1S/C18H17N3O3/c19-12-14-6-8-16(9-7-14)20-18(24)21(11-10-17(22)23)13-15-4-2-1-3-5-15/h1-9H,10-11,13H2,(H,20,24)(H,22,23).